The van der Waals surface area contributed by atoms with Crippen LogP contribution in [0.15, 0.2) is 65.6 Å². The predicted molar refractivity (Wildman–Crippen MR) is 127 cm³/mol. The molecule has 0 saturated carbocycles. The molecule has 3 aromatic rings. The second-order valence-electron chi connectivity index (χ2n) is 7.58. The van der Waals surface area contributed by atoms with Crippen LogP contribution in [0.5, 0.6) is 0 Å². The molecule has 5 rings (SSSR count). The van der Waals surface area contributed by atoms with E-state index in [0.29, 0.717) is 17.4 Å². The van der Waals surface area contributed by atoms with Crippen molar-refractivity contribution in [2.75, 3.05) is 18.6 Å². The molecule has 2 aliphatic heterocycles. The molecule has 2 aliphatic rings. The second-order valence-corrected chi connectivity index (χ2v) is 9.57. The molecule has 3 N–H and O–H groups in total. The lowest BCUT2D eigenvalue weighted by atomic mass is 10.1. The maximum atomic E-state index is 12.8. The van der Waals surface area contributed by atoms with E-state index in [-0.39, 0.29) is 17.0 Å². The number of carbonyl (C=O) groups is 2. The van der Waals surface area contributed by atoms with Crippen LogP contribution >= 0.6 is 23.1 Å². The number of nitrogens with two attached hydrogens (primary N) is 1. The minimum Gasteiger partial charge on any atom is -0.398 e. The number of pyridine rings is 1. The van der Waals surface area contributed by atoms with Crippen molar-refractivity contribution in [3.8, 4) is 5.69 Å². The average molecular weight is 498 g/mol. The van der Waals surface area contributed by atoms with E-state index >= 15 is 0 Å². The molecule has 34 heavy (non-hydrogen) atoms. The highest BCUT2D eigenvalue weighted by atomic mass is 32.2. The third-order valence-electron chi connectivity index (χ3n) is 5.35. The fourth-order valence-corrected chi connectivity index (χ4v) is 5.52. The Labute approximate surface area is 202 Å². The molecule has 13 heteroatoms. The maximum absolute atomic E-state index is 12.8. The SMILES string of the molecule is CON=C(C(=O)N[C@@H]1C(=O)N2C=C(C[n+]3ccc(-n4ccnc4)cc3)CS[C@@H]12)c1csc(N)n1. The van der Waals surface area contributed by atoms with Gasteiger partial charge in [-0.1, -0.05) is 5.16 Å². The number of nitrogens with one attached hydrogen (secondary N) is 1. The van der Waals surface area contributed by atoms with Crippen molar-refractivity contribution in [2.24, 2.45) is 5.16 Å². The van der Waals surface area contributed by atoms with E-state index in [4.69, 9.17) is 10.6 Å². The fraction of sp³-hybridized carbons (Fsp3) is 0.238. The average Bonchev–Trinajstić information content (AvgIpc) is 3.53. The third kappa shape index (κ3) is 4.26. The topological polar surface area (TPSA) is 132 Å². The van der Waals surface area contributed by atoms with Crippen LogP contribution in [0.4, 0.5) is 5.13 Å². The van der Waals surface area contributed by atoms with Gasteiger partial charge in [-0.3, -0.25) is 9.59 Å². The Kier molecular flexibility index (Phi) is 6.02. The molecule has 0 bridgehead atoms. The summed E-state index contributed by atoms with van der Waals surface area (Å²) in [5, 5.41) is 8.29. The number of nitrogens with zero attached hydrogens (tertiary/aromatic N) is 6. The molecule has 0 spiro atoms. The molecule has 2 atom stereocenters. The number of nitrogen functional groups attached to an aromatic ring is 1. The Morgan fingerprint density at radius 1 is 1.41 bits per heavy atom. The number of aromatic nitrogens is 4. The first-order chi connectivity index (χ1) is 16.5. The first-order valence-corrected chi connectivity index (χ1v) is 12.2. The summed E-state index contributed by atoms with van der Waals surface area (Å²) >= 11 is 2.80. The number of hydrogen-bond donors (Lipinski definition) is 2. The van der Waals surface area contributed by atoms with Gasteiger partial charge in [0, 0.05) is 47.4 Å². The standard InChI is InChI=1S/C21H20N8O3S2/c1-32-26-16(15-11-34-21(22)24-15)18(30)25-17-19(31)29-9-13(10-33-20(17)29)8-27-5-2-14(3-6-27)28-7-4-23-12-28/h2-7,9,11-12,17,20H,8,10H2,1H3,(H2-,22,24,25,30)/p+1/t17-,20+/m1/s1. The zero-order valence-electron chi connectivity index (χ0n) is 18.1. The maximum Gasteiger partial charge on any atom is 0.276 e. The highest BCUT2D eigenvalue weighted by Gasteiger charge is 2.50. The molecular weight excluding hydrogens is 476 g/mol. The monoisotopic (exact) mass is 497 g/mol. The Hall–Kier alpha value is -3.71. The summed E-state index contributed by atoms with van der Waals surface area (Å²) in [6.45, 7) is 0.667. The number of rotatable bonds is 7. The van der Waals surface area contributed by atoms with E-state index in [0.717, 1.165) is 17.0 Å². The first kappa shape index (κ1) is 22.1. The van der Waals surface area contributed by atoms with Crippen LogP contribution in [0.1, 0.15) is 5.69 Å². The molecule has 2 amide bonds. The second kappa shape index (κ2) is 9.27. The van der Waals surface area contributed by atoms with Gasteiger partial charge in [0.05, 0.1) is 12.0 Å². The van der Waals surface area contributed by atoms with Crippen molar-refractivity contribution in [2.45, 2.75) is 18.0 Å². The van der Waals surface area contributed by atoms with Crippen LogP contribution < -0.4 is 15.6 Å². The van der Waals surface area contributed by atoms with Crippen LogP contribution in [0, 0.1) is 0 Å². The number of hydrogen-bond acceptors (Lipinski definition) is 9. The summed E-state index contributed by atoms with van der Waals surface area (Å²) in [7, 11) is 1.34. The van der Waals surface area contributed by atoms with E-state index < -0.39 is 11.9 Å². The Morgan fingerprint density at radius 2 is 2.24 bits per heavy atom. The van der Waals surface area contributed by atoms with E-state index in [1.807, 2.05) is 41.5 Å². The van der Waals surface area contributed by atoms with E-state index in [9.17, 15) is 9.59 Å². The zero-order valence-corrected chi connectivity index (χ0v) is 19.7. The van der Waals surface area contributed by atoms with E-state index in [1.54, 1.807) is 34.6 Å². The van der Waals surface area contributed by atoms with Crippen LogP contribution in [0.3, 0.4) is 0 Å². The number of amides is 2. The number of oxime groups is 1. The Bertz CT molecular complexity index is 1270. The van der Waals surface area contributed by atoms with Crippen molar-refractivity contribution in [1.29, 1.82) is 0 Å². The molecule has 1 saturated heterocycles. The summed E-state index contributed by atoms with van der Waals surface area (Å²) in [5.41, 5.74) is 8.08. The number of thioether (sulfide) groups is 1. The van der Waals surface area contributed by atoms with Crippen molar-refractivity contribution < 1.29 is 19.0 Å². The largest absolute Gasteiger partial charge is 0.398 e. The number of anilines is 1. The van der Waals surface area contributed by atoms with Gasteiger partial charge in [0.2, 0.25) is 0 Å². The lowest BCUT2D eigenvalue weighted by Gasteiger charge is -2.47. The van der Waals surface area contributed by atoms with Gasteiger partial charge in [0.15, 0.2) is 29.8 Å². The summed E-state index contributed by atoms with van der Waals surface area (Å²) in [5.74, 6) is 0.0470. The summed E-state index contributed by atoms with van der Waals surface area (Å²) in [6, 6.07) is 3.38. The zero-order chi connectivity index (χ0) is 23.7. The molecule has 1 fully saturated rings. The molecule has 0 aromatic carbocycles. The number of thiazole rings is 1. The van der Waals surface area contributed by atoms with Gasteiger partial charge in [-0.15, -0.1) is 23.1 Å². The number of β-lactam (4-membered cyclic amide) rings is 1. The van der Waals surface area contributed by atoms with Crippen molar-refractivity contribution in [3.05, 3.63) is 66.1 Å². The quantitative estimate of drug-likeness (QED) is 0.211. The molecule has 3 aromatic heterocycles. The molecule has 0 radical (unpaired) electrons. The molecule has 0 unspecified atom stereocenters. The van der Waals surface area contributed by atoms with Crippen LogP contribution in [0.2, 0.25) is 0 Å². The van der Waals surface area contributed by atoms with Gasteiger partial charge in [-0.25, -0.2) is 14.5 Å². The summed E-state index contributed by atoms with van der Waals surface area (Å²) < 4.78 is 3.99. The minimum atomic E-state index is -0.643. The lowest BCUT2D eigenvalue weighted by Crippen LogP contribution is -2.69. The van der Waals surface area contributed by atoms with Gasteiger partial charge in [0.25, 0.3) is 11.8 Å². The molecular formula is C21H21N8O3S2+. The van der Waals surface area contributed by atoms with E-state index in [1.165, 1.54) is 18.4 Å². The fourth-order valence-electron chi connectivity index (χ4n) is 3.72. The number of fused-ring (bicyclic) bond motifs is 1. The highest BCUT2D eigenvalue weighted by molar-refractivity contribution is 8.00. The van der Waals surface area contributed by atoms with Gasteiger partial charge < -0.3 is 25.4 Å². The predicted octanol–water partition coefficient (Wildman–Crippen LogP) is 0.533. The lowest BCUT2D eigenvalue weighted by molar-refractivity contribution is -0.688. The Balaban J connectivity index is 1.22. The van der Waals surface area contributed by atoms with E-state index in [2.05, 4.69) is 25.0 Å². The molecule has 0 aliphatic carbocycles. The molecule has 5 heterocycles. The smallest absolute Gasteiger partial charge is 0.276 e. The van der Waals surface area contributed by atoms with Gasteiger partial charge in [-0.2, -0.15) is 0 Å². The first-order valence-electron chi connectivity index (χ1n) is 10.3. The van der Waals surface area contributed by atoms with Gasteiger partial charge >= 0.3 is 0 Å². The van der Waals surface area contributed by atoms with Crippen molar-refractivity contribution >= 4 is 45.8 Å². The van der Waals surface area contributed by atoms with Crippen LogP contribution in [-0.4, -0.2) is 61.2 Å². The van der Waals surface area contributed by atoms with Gasteiger partial charge in [0.1, 0.15) is 24.2 Å². The molecule has 11 nitrogen and oxygen atoms in total. The summed E-state index contributed by atoms with van der Waals surface area (Å²) in [6.07, 6.45) is 11.3. The summed E-state index contributed by atoms with van der Waals surface area (Å²) in [4.78, 5) is 40.1. The van der Waals surface area contributed by atoms with Crippen molar-refractivity contribution in [1.82, 2.24) is 24.8 Å². The van der Waals surface area contributed by atoms with Gasteiger partial charge in [-0.05, 0) is 0 Å². The normalized spacial score (nSPS) is 19.8. The number of carbonyl (C=O) groups excluding carboxylic acids is 2. The minimum absolute atomic E-state index is 0.0192. The molecule has 174 valence electrons. The van der Waals surface area contributed by atoms with Crippen LogP contribution in [-0.2, 0) is 21.0 Å². The van der Waals surface area contributed by atoms with Crippen LogP contribution in [0.25, 0.3) is 5.69 Å². The van der Waals surface area contributed by atoms with Crippen molar-refractivity contribution in [3.63, 3.8) is 0 Å². The third-order valence-corrected chi connectivity index (χ3v) is 7.40. The highest BCUT2D eigenvalue weighted by Crippen LogP contribution is 2.36. The Morgan fingerprint density at radius 3 is 2.91 bits per heavy atom. The number of imidazole rings is 1.